The van der Waals surface area contributed by atoms with Gasteiger partial charge < -0.3 is 5.32 Å². The molecule has 1 amide bonds. The van der Waals surface area contributed by atoms with Gasteiger partial charge in [-0.25, -0.2) is 8.42 Å². The van der Waals surface area contributed by atoms with E-state index in [0.717, 1.165) is 31.7 Å². The minimum absolute atomic E-state index is 0.0222. The molecule has 0 saturated heterocycles. The van der Waals surface area contributed by atoms with E-state index in [1.807, 2.05) is 0 Å². The first-order valence-corrected chi connectivity index (χ1v) is 9.60. The molecule has 0 radical (unpaired) electrons. The Balaban J connectivity index is 2.30. The van der Waals surface area contributed by atoms with Crippen LogP contribution < -0.4 is 5.32 Å². The number of rotatable bonds is 3. The molecule has 1 fully saturated rings. The third-order valence-electron chi connectivity index (χ3n) is 3.45. The van der Waals surface area contributed by atoms with Crippen LogP contribution in [-0.4, -0.2) is 20.4 Å². The first kappa shape index (κ1) is 16.9. The average molecular weight is 371 g/mol. The molecule has 1 aliphatic carbocycles. The Bertz CT molecular complexity index is 655. The SMILES string of the molecule is O=C(NC1CCCCC1)c1cc(Cl)cc(S(=O)(=O)Cl)c1Cl. The second-order valence-corrected chi connectivity index (χ2v) is 8.36. The van der Waals surface area contributed by atoms with E-state index >= 15 is 0 Å². The Morgan fingerprint density at radius 3 is 2.33 bits per heavy atom. The lowest BCUT2D eigenvalue weighted by molar-refractivity contribution is 0.0927. The van der Waals surface area contributed by atoms with Crippen LogP contribution in [0.4, 0.5) is 0 Å². The predicted molar refractivity (Wildman–Crippen MR) is 83.8 cm³/mol. The molecule has 1 aromatic carbocycles. The van der Waals surface area contributed by atoms with Crippen molar-refractivity contribution in [2.75, 3.05) is 0 Å². The van der Waals surface area contributed by atoms with Gasteiger partial charge in [-0.1, -0.05) is 42.5 Å². The minimum atomic E-state index is -4.07. The van der Waals surface area contributed by atoms with Gasteiger partial charge in [0.15, 0.2) is 0 Å². The third-order valence-corrected chi connectivity index (χ3v) is 5.54. The molecule has 8 heteroatoms. The summed E-state index contributed by atoms with van der Waals surface area (Å²) in [5.74, 6) is -0.434. The molecule has 0 heterocycles. The van der Waals surface area contributed by atoms with Crippen molar-refractivity contribution in [3.05, 3.63) is 27.7 Å². The molecule has 2 rings (SSSR count). The Labute approximate surface area is 138 Å². The Morgan fingerprint density at radius 1 is 1.14 bits per heavy atom. The van der Waals surface area contributed by atoms with E-state index in [9.17, 15) is 13.2 Å². The number of halogens is 3. The van der Waals surface area contributed by atoms with Gasteiger partial charge in [-0.15, -0.1) is 0 Å². The van der Waals surface area contributed by atoms with E-state index in [4.69, 9.17) is 33.9 Å². The first-order valence-electron chi connectivity index (χ1n) is 6.53. The summed E-state index contributed by atoms with van der Waals surface area (Å²) in [5.41, 5.74) is 0.0222. The number of amides is 1. The van der Waals surface area contributed by atoms with E-state index in [-0.39, 0.29) is 26.5 Å². The summed E-state index contributed by atoms with van der Waals surface area (Å²) in [4.78, 5) is 11.9. The number of hydrogen-bond acceptors (Lipinski definition) is 3. The molecule has 1 aliphatic rings. The van der Waals surface area contributed by atoms with Crippen molar-refractivity contribution >= 4 is 48.8 Å². The van der Waals surface area contributed by atoms with Gasteiger partial charge in [-0.3, -0.25) is 4.79 Å². The van der Waals surface area contributed by atoms with Crippen molar-refractivity contribution in [3.8, 4) is 0 Å². The highest BCUT2D eigenvalue weighted by molar-refractivity contribution is 8.13. The topological polar surface area (TPSA) is 63.2 Å². The van der Waals surface area contributed by atoms with Crippen molar-refractivity contribution in [3.63, 3.8) is 0 Å². The number of benzene rings is 1. The quantitative estimate of drug-likeness (QED) is 0.818. The highest BCUT2D eigenvalue weighted by Crippen LogP contribution is 2.31. The van der Waals surface area contributed by atoms with Gasteiger partial charge in [-0.2, -0.15) is 0 Å². The van der Waals surface area contributed by atoms with Crippen LogP contribution in [0.1, 0.15) is 42.5 Å². The maximum atomic E-state index is 12.3. The van der Waals surface area contributed by atoms with Gasteiger partial charge in [0.1, 0.15) is 4.90 Å². The van der Waals surface area contributed by atoms with Gasteiger partial charge in [0.2, 0.25) is 0 Å². The van der Waals surface area contributed by atoms with Crippen LogP contribution in [0, 0.1) is 0 Å². The predicted octanol–water partition coefficient (Wildman–Crippen LogP) is 3.98. The largest absolute Gasteiger partial charge is 0.349 e. The van der Waals surface area contributed by atoms with Crippen molar-refractivity contribution < 1.29 is 13.2 Å². The molecule has 4 nitrogen and oxygen atoms in total. The Morgan fingerprint density at radius 2 is 1.76 bits per heavy atom. The molecular weight excluding hydrogens is 357 g/mol. The summed E-state index contributed by atoms with van der Waals surface area (Å²) in [6.07, 6.45) is 5.11. The highest BCUT2D eigenvalue weighted by atomic mass is 35.7. The summed E-state index contributed by atoms with van der Waals surface area (Å²) < 4.78 is 22.9. The molecule has 21 heavy (non-hydrogen) atoms. The lowest BCUT2D eigenvalue weighted by Crippen LogP contribution is -2.36. The second kappa shape index (κ2) is 6.73. The molecule has 0 bridgehead atoms. The maximum Gasteiger partial charge on any atom is 0.262 e. The molecule has 0 aromatic heterocycles. The van der Waals surface area contributed by atoms with Crippen molar-refractivity contribution in [1.29, 1.82) is 0 Å². The third kappa shape index (κ3) is 4.25. The second-order valence-electron chi connectivity index (χ2n) is 5.01. The summed E-state index contributed by atoms with van der Waals surface area (Å²) in [5, 5.41) is 2.75. The zero-order chi connectivity index (χ0) is 15.6. The van der Waals surface area contributed by atoms with E-state index < -0.39 is 15.0 Å². The monoisotopic (exact) mass is 369 g/mol. The zero-order valence-electron chi connectivity index (χ0n) is 11.0. The lowest BCUT2D eigenvalue weighted by Gasteiger charge is -2.23. The normalized spacial score (nSPS) is 16.7. The van der Waals surface area contributed by atoms with Crippen LogP contribution in [0.2, 0.25) is 10.0 Å². The fraction of sp³-hybridized carbons (Fsp3) is 0.462. The van der Waals surface area contributed by atoms with Crippen LogP contribution in [0.5, 0.6) is 0 Å². The van der Waals surface area contributed by atoms with E-state index in [2.05, 4.69) is 5.32 Å². The average Bonchev–Trinajstić information content (AvgIpc) is 2.40. The molecule has 0 atom stereocenters. The van der Waals surface area contributed by atoms with Crippen molar-refractivity contribution in [1.82, 2.24) is 5.32 Å². The summed E-state index contributed by atoms with van der Waals surface area (Å²) in [6, 6.07) is 2.55. The smallest absolute Gasteiger partial charge is 0.262 e. The molecule has 1 N–H and O–H groups in total. The van der Waals surface area contributed by atoms with Gasteiger partial charge in [0.05, 0.1) is 10.6 Å². The molecule has 1 aromatic rings. The number of carbonyl (C=O) groups is 1. The Kier molecular flexibility index (Phi) is 5.41. The van der Waals surface area contributed by atoms with E-state index in [1.54, 1.807) is 0 Å². The van der Waals surface area contributed by atoms with Gasteiger partial charge in [0, 0.05) is 21.7 Å². The lowest BCUT2D eigenvalue weighted by atomic mass is 9.95. The minimum Gasteiger partial charge on any atom is -0.349 e. The van der Waals surface area contributed by atoms with Crippen LogP contribution in [0.3, 0.4) is 0 Å². The van der Waals surface area contributed by atoms with E-state index in [1.165, 1.54) is 12.5 Å². The number of carbonyl (C=O) groups excluding carboxylic acids is 1. The van der Waals surface area contributed by atoms with Crippen LogP contribution in [-0.2, 0) is 9.05 Å². The van der Waals surface area contributed by atoms with Crippen molar-refractivity contribution in [2.45, 2.75) is 43.0 Å². The molecule has 116 valence electrons. The zero-order valence-corrected chi connectivity index (χ0v) is 14.1. The summed E-state index contributed by atoms with van der Waals surface area (Å²) >= 11 is 11.8. The van der Waals surface area contributed by atoms with Gasteiger partial charge in [0.25, 0.3) is 15.0 Å². The first-order chi connectivity index (χ1) is 9.79. The van der Waals surface area contributed by atoms with Crippen molar-refractivity contribution in [2.24, 2.45) is 0 Å². The van der Waals surface area contributed by atoms with Crippen LogP contribution >= 0.6 is 33.9 Å². The summed E-state index contributed by atoms with van der Waals surface area (Å²) in [6.45, 7) is 0. The highest BCUT2D eigenvalue weighted by Gasteiger charge is 2.24. The van der Waals surface area contributed by atoms with Gasteiger partial charge in [-0.05, 0) is 25.0 Å². The Hall–Kier alpha value is -0.490. The van der Waals surface area contributed by atoms with Gasteiger partial charge >= 0.3 is 0 Å². The van der Waals surface area contributed by atoms with Crippen LogP contribution in [0.25, 0.3) is 0 Å². The summed E-state index contributed by atoms with van der Waals surface area (Å²) in [7, 11) is 1.23. The maximum absolute atomic E-state index is 12.3. The molecule has 0 aliphatic heterocycles. The molecule has 1 saturated carbocycles. The molecular formula is C13H14Cl3NO3S. The van der Waals surface area contributed by atoms with E-state index in [0.29, 0.717) is 0 Å². The number of nitrogens with one attached hydrogen (secondary N) is 1. The standard InChI is InChI=1S/C13H14Cl3NO3S/c14-8-6-10(12(15)11(7-8)21(16,19)20)13(18)17-9-4-2-1-3-5-9/h6-7,9H,1-5H2,(H,17,18). The molecule has 0 unspecified atom stereocenters. The number of hydrogen-bond donors (Lipinski definition) is 1. The fourth-order valence-electron chi connectivity index (χ4n) is 2.42. The van der Waals surface area contributed by atoms with Crippen LogP contribution in [0.15, 0.2) is 17.0 Å². The molecule has 0 spiro atoms. The fourth-order valence-corrected chi connectivity index (χ4v) is 4.27.